The molecule has 0 heterocycles. The highest BCUT2D eigenvalue weighted by molar-refractivity contribution is 5.89. The van der Waals surface area contributed by atoms with Gasteiger partial charge in [-0.2, -0.15) is 0 Å². The molecule has 0 aliphatic rings. The number of rotatable bonds is 7. The van der Waals surface area contributed by atoms with Crippen LogP contribution in [-0.2, 0) is 16.1 Å². The van der Waals surface area contributed by atoms with Crippen LogP contribution in [0.2, 0.25) is 0 Å². The molecular formula is C17H15NO7. The number of carbonyl (C=O) groups excluding carboxylic acids is 1. The molecule has 8 nitrogen and oxygen atoms in total. The van der Waals surface area contributed by atoms with Crippen LogP contribution in [-0.4, -0.2) is 22.0 Å². The molecule has 0 fully saturated rings. The molecule has 0 saturated carbocycles. The van der Waals surface area contributed by atoms with Crippen molar-refractivity contribution in [3.8, 4) is 5.75 Å². The number of hydrogen-bond acceptors (Lipinski definition) is 6. The molecule has 0 bridgehead atoms. The van der Waals surface area contributed by atoms with E-state index in [2.05, 4.69) is 0 Å². The summed E-state index contributed by atoms with van der Waals surface area (Å²) in [5, 5.41) is 20.5. The number of ether oxygens (including phenoxy) is 2. The van der Waals surface area contributed by atoms with Crippen LogP contribution in [0.25, 0.3) is 0 Å². The average Bonchev–Trinajstić information content (AvgIpc) is 2.54. The quantitative estimate of drug-likeness (QED) is 0.270. The van der Waals surface area contributed by atoms with E-state index in [1.54, 1.807) is 12.1 Å². The Morgan fingerprint density at radius 3 is 2.56 bits per heavy atom. The molecule has 1 unspecified atom stereocenters. The lowest BCUT2D eigenvalue weighted by molar-refractivity contribution is -0.586. The summed E-state index contributed by atoms with van der Waals surface area (Å²) in [6, 6.07) is 11.9. The van der Waals surface area contributed by atoms with Crippen molar-refractivity contribution in [2.24, 2.45) is 0 Å². The van der Waals surface area contributed by atoms with Crippen LogP contribution in [0.5, 0.6) is 5.75 Å². The molecule has 2 rings (SSSR count). The second kappa shape index (κ2) is 8.02. The van der Waals surface area contributed by atoms with Crippen molar-refractivity contribution in [1.29, 1.82) is 0 Å². The summed E-state index contributed by atoms with van der Waals surface area (Å²) >= 11 is 0. The minimum Gasteiger partial charge on any atom is -0.478 e. The highest BCUT2D eigenvalue weighted by atomic mass is 16.7. The third kappa shape index (κ3) is 4.85. The van der Waals surface area contributed by atoms with Crippen molar-refractivity contribution in [1.82, 2.24) is 0 Å². The average molecular weight is 345 g/mol. The molecule has 8 heteroatoms. The van der Waals surface area contributed by atoms with Gasteiger partial charge in [0, 0.05) is 6.92 Å². The number of carboxylic acid groups (broad SMARTS) is 1. The van der Waals surface area contributed by atoms with E-state index in [9.17, 15) is 19.7 Å². The van der Waals surface area contributed by atoms with Gasteiger partial charge in [-0.1, -0.05) is 24.3 Å². The topological polar surface area (TPSA) is 116 Å². The highest BCUT2D eigenvalue weighted by Gasteiger charge is 2.25. The van der Waals surface area contributed by atoms with Gasteiger partial charge in [-0.05, 0) is 29.8 Å². The van der Waals surface area contributed by atoms with E-state index >= 15 is 0 Å². The first-order valence-corrected chi connectivity index (χ1v) is 7.23. The molecule has 0 aliphatic heterocycles. The Bertz CT molecular complexity index is 803. The lowest BCUT2D eigenvalue weighted by Crippen LogP contribution is -2.15. The summed E-state index contributed by atoms with van der Waals surface area (Å²) < 4.78 is 10.2. The van der Waals surface area contributed by atoms with Gasteiger partial charge in [-0.3, -0.25) is 14.9 Å². The van der Waals surface area contributed by atoms with Crippen molar-refractivity contribution in [2.45, 2.75) is 19.8 Å². The van der Waals surface area contributed by atoms with E-state index in [0.717, 1.165) is 0 Å². The Morgan fingerprint density at radius 1 is 1.20 bits per heavy atom. The zero-order valence-electron chi connectivity index (χ0n) is 13.2. The standard InChI is InChI=1S/C17H15NO7/c1-11(19)25-14-7-4-6-12(9-14)16(18(22)23)24-10-13-5-2-3-8-15(13)17(20)21/h2-9,16H,10H2,1H3,(H,20,21). The number of esters is 1. The Labute approximate surface area is 142 Å². The van der Waals surface area contributed by atoms with Crippen molar-refractivity contribution in [3.63, 3.8) is 0 Å². The van der Waals surface area contributed by atoms with E-state index < -0.39 is 23.1 Å². The molecule has 130 valence electrons. The van der Waals surface area contributed by atoms with Crippen molar-refractivity contribution >= 4 is 11.9 Å². The fourth-order valence-corrected chi connectivity index (χ4v) is 2.20. The van der Waals surface area contributed by atoms with Gasteiger partial charge in [0.2, 0.25) is 0 Å². The number of carbonyl (C=O) groups is 2. The molecule has 0 amide bonds. The number of benzene rings is 2. The molecule has 2 aromatic rings. The zero-order chi connectivity index (χ0) is 18.4. The van der Waals surface area contributed by atoms with Crippen molar-refractivity contribution in [2.75, 3.05) is 0 Å². The zero-order valence-corrected chi connectivity index (χ0v) is 13.2. The molecule has 0 aromatic heterocycles. The fourth-order valence-electron chi connectivity index (χ4n) is 2.20. The van der Waals surface area contributed by atoms with Crippen molar-refractivity contribution < 1.29 is 29.1 Å². The van der Waals surface area contributed by atoms with Crippen LogP contribution in [0.4, 0.5) is 0 Å². The van der Waals surface area contributed by atoms with Gasteiger partial charge in [-0.15, -0.1) is 0 Å². The van der Waals surface area contributed by atoms with Gasteiger partial charge in [-0.25, -0.2) is 4.79 Å². The highest BCUT2D eigenvalue weighted by Crippen LogP contribution is 2.24. The normalized spacial score (nSPS) is 11.6. The maximum atomic E-state index is 11.3. The number of aromatic carboxylic acids is 1. The fraction of sp³-hybridized carbons (Fsp3) is 0.176. The lowest BCUT2D eigenvalue weighted by Gasteiger charge is -2.13. The van der Waals surface area contributed by atoms with E-state index in [1.807, 2.05) is 0 Å². The summed E-state index contributed by atoms with van der Waals surface area (Å²) in [4.78, 5) is 32.9. The Kier molecular flexibility index (Phi) is 5.80. The lowest BCUT2D eigenvalue weighted by atomic mass is 10.1. The minimum absolute atomic E-state index is 0.0123. The van der Waals surface area contributed by atoms with E-state index in [4.69, 9.17) is 14.6 Å². The predicted octanol–water partition coefficient (Wildman–Crippen LogP) is 2.80. The third-order valence-corrected chi connectivity index (χ3v) is 3.24. The maximum Gasteiger partial charge on any atom is 0.342 e. The van der Waals surface area contributed by atoms with Crippen LogP contribution < -0.4 is 4.74 Å². The first-order chi connectivity index (χ1) is 11.9. The number of carboxylic acids is 1. The largest absolute Gasteiger partial charge is 0.478 e. The Hall–Kier alpha value is -3.26. The third-order valence-electron chi connectivity index (χ3n) is 3.24. The smallest absolute Gasteiger partial charge is 0.342 e. The molecule has 0 spiro atoms. The number of nitrogens with zero attached hydrogens (tertiary/aromatic N) is 1. The SMILES string of the molecule is CC(=O)Oc1cccc(C(OCc2ccccc2C(=O)O)[N+](=O)[O-])c1. The Balaban J connectivity index is 2.21. The molecule has 1 N–H and O–H groups in total. The van der Waals surface area contributed by atoms with E-state index in [0.29, 0.717) is 5.56 Å². The second-order valence-corrected chi connectivity index (χ2v) is 5.08. The predicted molar refractivity (Wildman–Crippen MR) is 85.7 cm³/mol. The molecule has 1 atom stereocenters. The van der Waals surface area contributed by atoms with Gasteiger partial charge in [0.1, 0.15) is 5.75 Å². The van der Waals surface area contributed by atoms with E-state index in [1.165, 1.54) is 43.3 Å². The second-order valence-electron chi connectivity index (χ2n) is 5.08. The summed E-state index contributed by atoms with van der Waals surface area (Å²) in [5.74, 6) is -1.54. The molecule has 0 aliphatic carbocycles. The Morgan fingerprint density at radius 2 is 1.92 bits per heavy atom. The monoisotopic (exact) mass is 345 g/mol. The summed E-state index contributed by atoms with van der Waals surface area (Å²) in [7, 11) is 0. The van der Waals surface area contributed by atoms with Crippen LogP contribution in [0, 0.1) is 10.1 Å². The van der Waals surface area contributed by atoms with Gasteiger partial charge in [0.05, 0.1) is 22.7 Å². The molecule has 2 aromatic carbocycles. The van der Waals surface area contributed by atoms with Crippen LogP contribution >= 0.6 is 0 Å². The molecule has 0 saturated heterocycles. The van der Waals surface area contributed by atoms with Crippen LogP contribution in [0.3, 0.4) is 0 Å². The molecule has 25 heavy (non-hydrogen) atoms. The summed E-state index contributed by atoms with van der Waals surface area (Å²) in [6.07, 6.45) is -1.53. The van der Waals surface area contributed by atoms with Gasteiger partial charge in [0.15, 0.2) is 0 Å². The summed E-state index contributed by atoms with van der Waals surface area (Å²) in [5.41, 5.74) is 0.507. The minimum atomic E-state index is -1.53. The maximum absolute atomic E-state index is 11.3. The number of nitro groups is 1. The van der Waals surface area contributed by atoms with Crippen LogP contribution in [0.15, 0.2) is 48.5 Å². The van der Waals surface area contributed by atoms with Gasteiger partial charge < -0.3 is 14.6 Å². The van der Waals surface area contributed by atoms with Crippen LogP contribution in [0.1, 0.15) is 34.6 Å². The first kappa shape index (κ1) is 18.1. The van der Waals surface area contributed by atoms with Crippen molar-refractivity contribution in [3.05, 3.63) is 75.3 Å². The first-order valence-electron chi connectivity index (χ1n) is 7.23. The van der Waals surface area contributed by atoms with Gasteiger partial charge >= 0.3 is 18.2 Å². The molecular weight excluding hydrogens is 330 g/mol. The van der Waals surface area contributed by atoms with Gasteiger partial charge in [0.25, 0.3) is 0 Å². The van der Waals surface area contributed by atoms with E-state index in [-0.39, 0.29) is 23.5 Å². The number of hydrogen-bond donors (Lipinski definition) is 1. The summed E-state index contributed by atoms with van der Waals surface area (Å²) in [6.45, 7) is 0.961. The molecule has 0 radical (unpaired) electrons.